The molecule has 0 amide bonds. The topological polar surface area (TPSA) is 66.0 Å². The van der Waals surface area contributed by atoms with Crippen molar-refractivity contribution in [1.82, 2.24) is 14.8 Å². The molecule has 1 aromatic rings. The van der Waals surface area contributed by atoms with E-state index in [2.05, 4.69) is 21.7 Å². The molecule has 1 unspecified atom stereocenters. The molecule has 0 aliphatic carbocycles. The van der Waals surface area contributed by atoms with Gasteiger partial charge < -0.3 is 15.0 Å². The average molecular weight is 196 g/mol. The zero-order valence-electron chi connectivity index (χ0n) is 8.66. The second-order valence-corrected chi connectivity index (χ2v) is 3.77. The van der Waals surface area contributed by atoms with Crippen molar-refractivity contribution < 1.29 is 4.74 Å². The van der Waals surface area contributed by atoms with Gasteiger partial charge in [-0.2, -0.15) is 0 Å². The van der Waals surface area contributed by atoms with Crippen molar-refractivity contribution in [3.05, 3.63) is 11.6 Å². The van der Waals surface area contributed by atoms with Crippen LogP contribution in [-0.2, 0) is 16.8 Å². The molecule has 1 saturated heterocycles. The van der Waals surface area contributed by atoms with E-state index < -0.39 is 5.54 Å². The normalized spacial score (nSPS) is 27.1. The Morgan fingerprint density at radius 2 is 2.36 bits per heavy atom. The maximum absolute atomic E-state index is 6.22. The van der Waals surface area contributed by atoms with Crippen LogP contribution in [0.4, 0.5) is 0 Å². The Morgan fingerprint density at radius 1 is 1.57 bits per heavy atom. The lowest BCUT2D eigenvalue weighted by Crippen LogP contribution is -2.40. The monoisotopic (exact) mass is 196 g/mol. The molecule has 1 aliphatic heterocycles. The molecule has 1 aliphatic rings. The zero-order chi connectivity index (χ0) is 10.2. The summed E-state index contributed by atoms with van der Waals surface area (Å²) in [7, 11) is 0. The van der Waals surface area contributed by atoms with Gasteiger partial charge >= 0.3 is 0 Å². The lowest BCUT2D eigenvalue weighted by molar-refractivity contribution is 0.175. The molecule has 5 nitrogen and oxygen atoms in total. The highest BCUT2D eigenvalue weighted by atomic mass is 16.5. The van der Waals surface area contributed by atoms with Crippen LogP contribution in [0.1, 0.15) is 25.0 Å². The molecule has 2 N–H and O–H groups in total. The zero-order valence-corrected chi connectivity index (χ0v) is 8.66. The van der Waals surface area contributed by atoms with Crippen LogP contribution in [-0.4, -0.2) is 28.0 Å². The fraction of sp³-hybridized carbons (Fsp3) is 0.778. The highest BCUT2D eigenvalue weighted by Gasteiger charge is 2.37. The number of nitrogens with zero attached hydrogens (tertiary/aromatic N) is 3. The summed E-state index contributed by atoms with van der Waals surface area (Å²) < 4.78 is 7.37. The number of aryl methyl sites for hydroxylation is 1. The smallest absolute Gasteiger partial charge is 0.155 e. The highest BCUT2D eigenvalue weighted by Crippen LogP contribution is 2.26. The molecule has 1 fully saturated rings. The lowest BCUT2D eigenvalue weighted by atomic mass is 9.99. The number of rotatable bonds is 2. The van der Waals surface area contributed by atoms with Gasteiger partial charge in [0.1, 0.15) is 11.4 Å². The minimum absolute atomic E-state index is 0.433. The number of hydrogen-bond donors (Lipinski definition) is 1. The third-order valence-corrected chi connectivity index (χ3v) is 2.75. The Kier molecular flexibility index (Phi) is 2.28. The molecule has 0 saturated carbocycles. The molecule has 2 heterocycles. The van der Waals surface area contributed by atoms with Gasteiger partial charge in [-0.3, -0.25) is 0 Å². The Hall–Kier alpha value is -0.940. The first-order valence-corrected chi connectivity index (χ1v) is 4.94. The molecule has 5 heteroatoms. The number of hydrogen-bond acceptors (Lipinski definition) is 4. The first-order chi connectivity index (χ1) is 6.67. The van der Waals surface area contributed by atoms with Gasteiger partial charge in [0.05, 0.1) is 6.61 Å². The summed E-state index contributed by atoms with van der Waals surface area (Å²) in [6.45, 7) is 6.13. The van der Waals surface area contributed by atoms with Gasteiger partial charge in [0.2, 0.25) is 0 Å². The van der Waals surface area contributed by atoms with Crippen LogP contribution in [0, 0.1) is 6.92 Å². The molecule has 0 spiro atoms. The second kappa shape index (κ2) is 3.33. The van der Waals surface area contributed by atoms with E-state index in [9.17, 15) is 0 Å². The third-order valence-electron chi connectivity index (χ3n) is 2.75. The number of aromatic nitrogens is 3. The van der Waals surface area contributed by atoms with E-state index in [1.165, 1.54) is 0 Å². The fourth-order valence-electron chi connectivity index (χ4n) is 1.89. The molecular formula is C9H16N4O. The van der Waals surface area contributed by atoms with E-state index in [0.29, 0.717) is 13.2 Å². The fourth-order valence-corrected chi connectivity index (χ4v) is 1.89. The van der Waals surface area contributed by atoms with E-state index in [0.717, 1.165) is 24.6 Å². The first kappa shape index (κ1) is 9.61. The van der Waals surface area contributed by atoms with Gasteiger partial charge in [-0.1, -0.05) is 0 Å². The van der Waals surface area contributed by atoms with Gasteiger partial charge in [-0.25, -0.2) is 0 Å². The van der Waals surface area contributed by atoms with Crippen molar-refractivity contribution in [3.63, 3.8) is 0 Å². The predicted octanol–water partition coefficient (Wildman–Crippen LogP) is 0.181. The summed E-state index contributed by atoms with van der Waals surface area (Å²) >= 11 is 0. The molecule has 0 bridgehead atoms. The van der Waals surface area contributed by atoms with Crippen molar-refractivity contribution in [2.75, 3.05) is 13.2 Å². The third kappa shape index (κ3) is 1.33. The van der Waals surface area contributed by atoms with E-state index in [-0.39, 0.29) is 0 Å². The van der Waals surface area contributed by atoms with E-state index in [1.54, 1.807) is 0 Å². The Morgan fingerprint density at radius 3 is 2.93 bits per heavy atom. The molecule has 0 aromatic carbocycles. The summed E-state index contributed by atoms with van der Waals surface area (Å²) in [4.78, 5) is 0. The van der Waals surface area contributed by atoms with Crippen molar-refractivity contribution in [3.8, 4) is 0 Å². The second-order valence-electron chi connectivity index (χ2n) is 3.77. The number of nitrogens with two attached hydrogens (primary N) is 1. The first-order valence-electron chi connectivity index (χ1n) is 4.94. The van der Waals surface area contributed by atoms with Crippen LogP contribution >= 0.6 is 0 Å². The standard InChI is InChI=1S/C9H16N4O/c1-3-13-7(2)11-12-8(13)9(10)4-5-14-6-9/h3-6,10H2,1-2H3. The van der Waals surface area contributed by atoms with Crippen LogP contribution in [0.15, 0.2) is 0 Å². The Labute approximate surface area is 83.3 Å². The van der Waals surface area contributed by atoms with Crippen molar-refractivity contribution in [2.24, 2.45) is 5.73 Å². The predicted molar refractivity (Wildman–Crippen MR) is 51.7 cm³/mol. The Balaban J connectivity index is 2.39. The molecule has 1 atom stereocenters. The van der Waals surface area contributed by atoms with Crippen LogP contribution in [0.25, 0.3) is 0 Å². The van der Waals surface area contributed by atoms with E-state index in [4.69, 9.17) is 10.5 Å². The summed E-state index contributed by atoms with van der Waals surface area (Å²) in [6.07, 6.45) is 0.825. The maximum atomic E-state index is 6.22. The largest absolute Gasteiger partial charge is 0.379 e. The number of ether oxygens (including phenoxy) is 1. The van der Waals surface area contributed by atoms with Crippen LogP contribution < -0.4 is 5.73 Å². The van der Waals surface area contributed by atoms with Crippen LogP contribution in [0.5, 0.6) is 0 Å². The summed E-state index contributed by atoms with van der Waals surface area (Å²) in [5, 5.41) is 8.20. The van der Waals surface area contributed by atoms with Crippen molar-refractivity contribution in [1.29, 1.82) is 0 Å². The molecule has 2 rings (SSSR count). The van der Waals surface area contributed by atoms with Gasteiger partial charge in [0, 0.05) is 13.2 Å². The van der Waals surface area contributed by atoms with Gasteiger partial charge in [-0.15, -0.1) is 10.2 Å². The summed E-state index contributed by atoms with van der Waals surface area (Å²) in [5.74, 6) is 1.77. The van der Waals surface area contributed by atoms with Gasteiger partial charge in [0.15, 0.2) is 5.82 Å². The van der Waals surface area contributed by atoms with Gasteiger partial charge in [0.25, 0.3) is 0 Å². The molecule has 0 radical (unpaired) electrons. The minimum Gasteiger partial charge on any atom is -0.379 e. The van der Waals surface area contributed by atoms with Crippen LogP contribution in [0.3, 0.4) is 0 Å². The minimum atomic E-state index is -0.433. The molecule has 1 aromatic heterocycles. The van der Waals surface area contributed by atoms with E-state index in [1.807, 2.05) is 6.92 Å². The van der Waals surface area contributed by atoms with Crippen molar-refractivity contribution in [2.45, 2.75) is 32.4 Å². The SMILES string of the molecule is CCn1c(C)nnc1C1(N)CCOC1. The Bertz CT molecular complexity index is 328. The summed E-state index contributed by atoms with van der Waals surface area (Å²) in [6, 6.07) is 0. The average Bonchev–Trinajstić information content (AvgIpc) is 2.73. The maximum Gasteiger partial charge on any atom is 0.155 e. The summed E-state index contributed by atoms with van der Waals surface area (Å²) in [5.41, 5.74) is 5.79. The van der Waals surface area contributed by atoms with Crippen LogP contribution in [0.2, 0.25) is 0 Å². The quantitative estimate of drug-likeness (QED) is 0.732. The molecular weight excluding hydrogens is 180 g/mol. The van der Waals surface area contributed by atoms with Crippen molar-refractivity contribution >= 4 is 0 Å². The van der Waals surface area contributed by atoms with E-state index >= 15 is 0 Å². The molecule has 14 heavy (non-hydrogen) atoms. The lowest BCUT2D eigenvalue weighted by Gasteiger charge is -2.21. The molecule has 78 valence electrons. The highest BCUT2D eigenvalue weighted by molar-refractivity contribution is 5.10. The van der Waals surface area contributed by atoms with Gasteiger partial charge in [-0.05, 0) is 20.3 Å².